The number of benzene rings is 2. The molecule has 0 saturated carbocycles. The van der Waals surface area contributed by atoms with E-state index < -0.39 is 0 Å². The lowest BCUT2D eigenvalue weighted by molar-refractivity contribution is 0.615. The first-order chi connectivity index (χ1) is 9.22. The Morgan fingerprint density at radius 1 is 1.16 bits per heavy atom. The SMILES string of the molecule is CC1Cc2ccccc2N1c1cccc(F)c1CCl. The van der Waals surface area contributed by atoms with Crippen molar-refractivity contribution in [3.05, 3.63) is 59.4 Å². The van der Waals surface area contributed by atoms with E-state index in [9.17, 15) is 4.39 Å². The lowest BCUT2D eigenvalue weighted by Crippen LogP contribution is -2.25. The van der Waals surface area contributed by atoms with Crippen LogP contribution in [0.25, 0.3) is 0 Å². The van der Waals surface area contributed by atoms with Crippen LogP contribution in [0.5, 0.6) is 0 Å². The summed E-state index contributed by atoms with van der Waals surface area (Å²) in [5, 5.41) is 0. The van der Waals surface area contributed by atoms with Crippen molar-refractivity contribution in [2.24, 2.45) is 0 Å². The molecule has 1 heterocycles. The molecular weight excluding hydrogens is 261 g/mol. The summed E-state index contributed by atoms with van der Waals surface area (Å²) >= 11 is 5.92. The number of rotatable bonds is 2. The van der Waals surface area contributed by atoms with Gasteiger partial charge in [0.25, 0.3) is 0 Å². The molecule has 98 valence electrons. The summed E-state index contributed by atoms with van der Waals surface area (Å²) in [6.45, 7) is 2.16. The molecule has 1 atom stereocenters. The predicted molar refractivity (Wildman–Crippen MR) is 77.7 cm³/mol. The predicted octanol–water partition coefficient (Wildman–Crippen LogP) is 4.65. The van der Waals surface area contributed by atoms with Crippen LogP contribution in [-0.4, -0.2) is 6.04 Å². The summed E-state index contributed by atoms with van der Waals surface area (Å²) in [6, 6.07) is 13.8. The van der Waals surface area contributed by atoms with Gasteiger partial charge in [0.15, 0.2) is 0 Å². The van der Waals surface area contributed by atoms with E-state index in [2.05, 4.69) is 24.0 Å². The maximum atomic E-state index is 13.9. The van der Waals surface area contributed by atoms with Gasteiger partial charge in [-0.1, -0.05) is 24.3 Å². The Kier molecular flexibility index (Phi) is 3.19. The molecule has 0 spiro atoms. The van der Waals surface area contributed by atoms with Crippen molar-refractivity contribution in [1.82, 2.24) is 0 Å². The lowest BCUT2D eigenvalue weighted by atomic mass is 10.1. The number of fused-ring (bicyclic) bond motifs is 1. The minimum atomic E-state index is -0.232. The summed E-state index contributed by atoms with van der Waals surface area (Å²) in [4.78, 5) is 2.19. The third kappa shape index (κ3) is 2.00. The van der Waals surface area contributed by atoms with Crippen molar-refractivity contribution in [2.75, 3.05) is 4.90 Å². The van der Waals surface area contributed by atoms with Crippen LogP contribution in [0.4, 0.5) is 15.8 Å². The number of hydrogen-bond donors (Lipinski definition) is 0. The molecule has 0 saturated heterocycles. The topological polar surface area (TPSA) is 3.24 Å². The maximum absolute atomic E-state index is 13.9. The fourth-order valence-electron chi connectivity index (χ4n) is 2.84. The zero-order valence-electron chi connectivity index (χ0n) is 10.7. The fourth-order valence-corrected chi connectivity index (χ4v) is 3.10. The Bertz CT molecular complexity index is 611. The molecule has 0 aromatic heterocycles. The van der Waals surface area contributed by atoms with E-state index in [0.717, 1.165) is 17.8 Å². The van der Waals surface area contributed by atoms with E-state index >= 15 is 0 Å². The van der Waals surface area contributed by atoms with Crippen LogP contribution in [0.3, 0.4) is 0 Å². The summed E-state index contributed by atoms with van der Waals surface area (Å²) < 4.78 is 13.9. The Balaban J connectivity index is 2.15. The monoisotopic (exact) mass is 275 g/mol. The first kappa shape index (κ1) is 12.5. The summed E-state index contributed by atoms with van der Waals surface area (Å²) in [6.07, 6.45) is 0.981. The van der Waals surface area contributed by atoms with E-state index in [1.165, 1.54) is 11.6 Å². The van der Waals surface area contributed by atoms with Crippen molar-refractivity contribution >= 4 is 23.0 Å². The Morgan fingerprint density at radius 3 is 2.68 bits per heavy atom. The van der Waals surface area contributed by atoms with Crippen LogP contribution in [0.1, 0.15) is 18.1 Å². The summed E-state index contributed by atoms with van der Waals surface area (Å²) in [7, 11) is 0. The van der Waals surface area contributed by atoms with E-state index in [1.54, 1.807) is 6.07 Å². The molecule has 3 heteroatoms. The van der Waals surface area contributed by atoms with Crippen molar-refractivity contribution in [3.63, 3.8) is 0 Å². The Morgan fingerprint density at radius 2 is 1.89 bits per heavy atom. The van der Waals surface area contributed by atoms with Gasteiger partial charge >= 0.3 is 0 Å². The smallest absolute Gasteiger partial charge is 0.129 e. The molecule has 19 heavy (non-hydrogen) atoms. The average Bonchev–Trinajstić information content (AvgIpc) is 2.74. The van der Waals surface area contributed by atoms with Crippen LogP contribution in [0.15, 0.2) is 42.5 Å². The quantitative estimate of drug-likeness (QED) is 0.721. The number of para-hydroxylation sites is 1. The minimum Gasteiger partial charge on any atom is -0.338 e. The number of anilines is 2. The van der Waals surface area contributed by atoms with E-state index in [-0.39, 0.29) is 11.7 Å². The highest BCUT2D eigenvalue weighted by Gasteiger charge is 2.28. The molecule has 3 rings (SSSR count). The number of hydrogen-bond acceptors (Lipinski definition) is 1. The van der Waals surface area contributed by atoms with Crippen LogP contribution < -0.4 is 4.90 Å². The zero-order valence-corrected chi connectivity index (χ0v) is 11.5. The van der Waals surface area contributed by atoms with Crippen LogP contribution in [0, 0.1) is 5.82 Å². The number of halogens is 2. The van der Waals surface area contributed by atoms with Gasteiger partial charge in [0, 0.05) is 23.0 Å². The molecule has 1 nitrogen and oxygen atoms in total. The fraction of sp³-hybridized carbons (Fsp3) is 0.250. The number of alkyl halides is 1. The third-order valence-electron chi connectivity index (χ3n) is 3.69. The Hall–Kier alpha value is -1.54. The molecule has 1 unspecified atom stereocenters. The second kappa shape index (κ2) is 4.86. The van der Waals surface area contributed by atoms with Gasteiger partial charge in [0.1, 0.15) is 5.82 Å². The van der Waals surface area contributed by atoms with E-state index in [4.69, 9.17) is 11.6 Å². The van der Waals surface area contributed by atoms with Crippen LogP contribution >= 0.6 is 11.6 Å². The van der Waals surface area contributed by atoms with Gasteiger partial charge < -0.3 is 4.90 Å². The second-order valence-corrected chi connectivity index (χ2v) is 5.19. The van der Waals surface area contributed by atoms with Crippen LogP contribution in [-0.2, 0) is 12.3 Å². The highest BCUT2D eigenvalue weighted by Crippen LogP contribution is 2.40. The van der Waals surface area contributed by atoms with Gasteiger partial charge in [0.2, 0.25) is 0 Å². The maximum Gasteiger partial charge on any atom is 0.129 e. The normalized spacial score (nSPS) is 17.6. The van der Waals surface area contributed by atoms with E-state index in [1.807, 2.05) is 18.2 Å². The molecule has 2 aromatic rings. The summed E-state index contributed by atoms with van der Waals surface area (Å²) in [5.74, 6) is -0.0444. The first-order valence-electron chi connectivity index (χ1n) is 6.43. The van der Waals surface area contributed by atoms with Gasteiger partial charge in [-0.3, -0.25) is 0 Å². The molecule has 1 aliphatic heterocycles. The molecule has 0 fully saturated rings. The largest absolute Gasteiger partial charge is 0.338 e. The molecule has 0 amide bonds. The average molecular weight is 276 g/mol. The highest BCUT2D eigenvalue weighted by atomic mass is 35.5. The third-order valence-corrected chi connectivity index (χ3v) is 3.96. The van der Waals surface area contributed by atoms with Crippen molar-refractivity contribution in [3.8, 4) is 0 Å². The number of nitrogens with zero attached hydrogens (tertiary/aromatic N) is 1. The van der Waals surface area contributed by atoms with Crippen molar-refractivity contribution in [1.29, 1.82) is 0 Å². The molecular formula is C16H15ClFN. The van der Waals surface area contributed by atoms with Crippen molar-refractivity contribution < 1.29 is 4.39 Å². The molecule has 1 aliphatic rings. The van der Waals surface area contributed by atoms with Gasteiger partial charge in [-0.15, -0.1) is 11.6 Å². The van der Waals surface area contributed by atoms with Gasteiger partial charge in [-0.05, 0) is 37.1 Å². The molecule has 0 aliphatic carbocycles. The van der Waals surface area contributed by atoms with Gasteiger partial charge in [-0.25, -0.2) is 4.39 Å². The van der Waals surface area contributed by atoms with Gasteiger partial charge in [-0.2, -0.15) is 0 Å². The minimum absolute atomic E-state index is 0.188. The van der Waals surface area contributed by atoms with E-state index in [0.29, 0.717) is 11.6 Å². The van der Waals surface area contributed by atoms with Gasteiger partial charge in [0.05, 0.1) is 5.88 Å². The summed E-state index contributed by atoms with van der Waals surface area (Å²) in [5.41, 5.74) is 3.92. The second-order valence-electron chi connectivity index (χ2n) is 4.92. The molecule has 0 N–H and O–H groups in total. The first-order valence-corrected chi connectivity index (χ1v) is 6.96. The van der Waals surface area contributed by atoms with Crippen LogP contribution in [0.2, 0.25) is 0 Å². The highest BCUT2D eigenvalue weighted by molar-refractivity contribution is 6.17. The zero-order chi connectivity index (χ0) is 13.4. The standard InChI is InChI=1S/C16H15ClFN/c1-11-9-12-5-2-3-7-15(12)19(11)16-8-4-6-14(18)13(16)10-17/h2-8,11H,9-10H2,1H3. The molecule has 0 radical (unpaired) electrons. The molecule has 2 aromatic carbocycles. The van der Waals surface area contributed by atoms with Crippen molar-refractivity contribution in [2.45, 2.75) is 25.3 Å². The lowest BCUT2D eigenvalue weighted by Gasteiger charge is -2.27. The Labute approximate surface area is 117 Å². The molecule has 0 bridgehead atoms.